The van der Waals surface area contributed by atoms with E-state index in [1.165, 1.54) is 12.1 Å². The van der Waals surface area contributed by atoms with E-state index in [0.717, 1.165) is 23.3 Å². The van der Waals surface area contributed by atoms with Gasteiger partial charge in [-0.25, -0.2) is 0 Å². The van der Waals surface area contributed by atoms with Gasteiger partial charge in [0.25, 0.3) is 0 Å². The Balaban J connectivity index is 1.80. The van der Waals surface area contributed by atoms with E-state index in [4.69, 9.17) is 0 Å². The summed E-state index contributed by atoms with van der Waals surface area (Å²) in [6, 6.07) is 10.9. The Morgan fingerprint density at radius 1 is 0.903 bits per heavy atom. The maximum Gasteiger partial charge on any atom is 0.416 e. The van der Waals surface area contributed by atoms with E-state index in [2.05, 4.69) is 0 Å². The number of rotatable bonds is 5. The number of halogens is 6. The molecular weight excluding hydrogens is 416 g/mol. The zero-order chi connectivity index (χ0) is 22.8. The lowest BCUT2D eigenvalue weighted by Crippen LogP contribution is -2.51. The van der Waals surface area contributed by atoms with Crippen LogP contribution in [-0.4, -0.2) is 30.2 Å². The molecular formula is C24H27F6N. The highest BCUT2D eigenvalue weighted by Gasteiger charge is 2.46. The van der Waals surface area contributed by atoms with Crippen molar-refractivity contribution in [3.63, 3.8) is 0 Å². The van der Waals surface area contributed by atoms with Crippen molar-refractivity contribution >= 4 is 0 Å². The van der Waals surface area contributed by atoms with Gasteiger partial charge >= 0.3 is 12.4 Å². The fourth-order valence-corrected chi connectivity index (χ4v) is 4.18. The second-order valence-corrected chi connectivity index (χ2v) is 8.71. The zero-order valence-electron chi connectivity index (χ0n) is 17.6. The van der Waals surface area contributed by atoms with E-state index >= 15 is 0 Å². The summed E-state index contributed by atoms with van der Waals surface area (Å²) in [5.41, 5.74) is 1.62. The van der Waals surface area contributed by atoms with Crippen LogP contribution in [0.2, 0.25) is 0 Å². The molecule has 2 unspecified atom stereocenters. The molecule has 2 aromatic rings. The second-order valence-electron chi connectivity index (χ2n) is 8.71. The third-order valence-electron chi connectivity index (χ3n) is 5.96. The monoisotopic (exact) mass is 443 g/mol. The molecule has 1 fully saturated rings. The van der Waals surface area contributed by atoms with Crippen molar-refractivity contribution in [1.29, 1.82) is 0 Å². The lowest BCUT2D eigenvalue weighted by Gasteiger charge is -2.41. The average molecular weight is 443 g/mol. The Labute approximate surface area is 179 Å². The van der Waals surface area contributed by atoms with Crippen molar-refractivity contribution in [3.05, 3.63) is 59.7 Å². The molecule has 0 aliphatic carbocycles. The quantitative estimate of drug-likeness (QED) is 0.432. The van der Waals surface area contributed by atoms with E-state index < -0.39 is 24.0 Å². The van der Waals surface area contributed by atoms with E-state index in [1.807, 2.05) is 38.1 Å². The zero-order valence-corrected chi connectivity index (χ0v) is 17.6. The van der Waals surface area contributed by atoms with Crippen molar-refractivity contribution in [2.75, 3.05) is 13.1 Å². The fraction of sp³-hybridized carbons (Fsp3) is 0.500. The maximum atomic E-state index is 13.5. The molecule has 1 aliphatic rings. The van der Waals surface area contributed by atoms with E-state index in [0.29, 0.717) is 37.4 Å². The van der Waals surface area contributed by atoms with Gasteiger partial charge in [0.2, 0.25) is 0 Å². The minimum Gasteiger partial charge on any atom is -0.292 e. The van der Waals surface area contributed by atoms with Crippen molar-refractivity contribution in [2.24, 2.45) is 5.92 Å². The highest BCUT2D eigenvalue weighted by atomic mass is 19.4. The summed E-state index contributed by atoms with van der Waals surface area (Å²) in [6.07, 6.45) is -7.46. The van der Waals surface area contributed by atoms with Gasteiger partial charge in [0, 0.05) is 6.54 Å². The lowest BCUT2D eigenvalue weighted by atomic mass is 9.85. The molecule has 7 heteroatoms. The Kier molecular flexibility index (Phi) is 7.04. The van der Waals surface area contributed by atoms with Crippen LogP contribution >= 0.6 is 0 Å². The topological polar surface area (TPSA) is 3.24 Å². The standard InChI is InChI=1S/C24H27F6N/c1-16(2)12-13-31-15-20(8-11-22(31)24(28,29)30)19-5-3-4-18(14-19)17-6-9-21(10-7-17)23(25,26)27/h3-7,9-10,14,16,20,22H,8,11-13,15H2,1-2H3. The molecule has 1 aliphatic heterocycles. The molecule has 0 N–H and O–H groups in total. The first-order chi connectivity index (χ1) is 14.4. The molecule has 0 bridgehead atoms. The number of nitrogens with zero attached hydrogens (tertiary/aromatic N) is 1. The summed E-state index contributed by atoms with van der Waals surface area (Å²) >= 11 is 0. The molecule has 2 aromatic carbocycles. The van der Waals surface area contributed by atoms with Gasteiger partial charge in [0.15, 0.2) is 0 Å². The number of hydrogen-bond donors (Lipinski definition) is 0. The molecule has 1 heterocycles. The van der Waals surface area contributed by atoms with Crippen LogP contribution < -0.4 is 0 Å². The van der Waals surface area contributed by atoms with Gasteiger partial charge in [0.05, 0.1) is 5.56 Å². The second kappa shape index (κ2) is 9.23. The van der Waals surface area contributed by atoms with Crippen molar-refractivity contribution in [2.45, 2.75) is 57.4 Å². The van der Waals surface area contributed by atoms with Crippen LogP contribution in [0.25, 0.3) is 11.1 Å². The molecule has 170 valence electrons. The van der Waals surface area contributed by atoms with Gasteiger partial charge in [-0.15, -0.1) is 0 Å². The Morgan fingerprint density at radius 2 is 1.58 bits per heavy atom. The predicted octanol–water partition coefficient (Wildman–Crippen LogP) is 7.53. The Bertz CT molecular complexity index is 854. The maximum absolute atomic E-state index is 13.5. The summed E-state index contributed by atoms with van der Waals surface area (Å²) in [6.45, 7) is 4.72. The van der Waals surface area contributed by atoms with Gasteiger partial charge in [-0.3, -0.25) is 4.90 Å². The highest BCUT2D eigenvalue weighted by Crippen LogP contribution is 2.38. The van der Waals surface area contributed by atoms with Crippen LogP contribution in [0, 0.1) is 5.92 Å². The Hall–Kier alpha value is -2.02. The molecule has 31 heavy (non-hydrogen) atoms. The largest absolute Gasteiger partial charge is 0.416 e. The van der Waals surface area contributed by atoms with Crippen LogP contribution in [-0.2, 0) is 6.18 Å². The first-order valence-corrected chi connectivity index (χ1v) is 10.5. The third-order valence-corrected chi connectivity index (χ3v) is 5.96. The average Bonchev–Trinajstić information content (AvgIpc) is 2.71. The summed E-state index contributed by atoms with van der Waals surface area (Å²) in [5, 5.41) is 0. The molecule has 0 saturated carbocycles. The summed E-state index contributed by atoms with van der Waals surface area (Å²) in [5.74, 6) is 0.275. The number of piperidine rings is 1. The summed E-state index contributed by atoms with van der Waals surface area (Å²) < 4.78 is 79.0. The minimum atomic E-state index is -4.39. The summed E-state index contributed by atoms with van der Waals surface area (Å²) in [4.78, 5) is 1.55. The van der Waals surface area contributed by atoms with Gasteiger partial charge in [-0.2, -0.15) is 26.3 Å². The number of hydrogen-bond acceptors (Lipinski definition) is 1. The number of benzene rings is 2. The normalized spacial score (nSPS) is 20.9. The van der Waals surface area contributed by atoms with Crippen molar-refractivity contribution < 1.29 is 26.3 Å². The van der Waals surface area contributed by atoms with E-state index in [-0.39, 0.29) is 12.3 Å². The van der Waals surface area contributed by atoms with Gasteiger partial charge in [-0.1, -0.05) is 50.2 Å². The van der Waals surface area contributed by atoms with E-state index in [1.54, 1.807) is 4.90 Å². The van der Waals surface area contributed by atoms with Crippen LogP contribution in [0.4, 0.5) is 26.3 Å². The smallest absolute Gasteiger partial charge is 0.292 e. The number of likely N-dealkylation sites (tertiary alicyclic amines) is 1. The van der Waals surface area contributed by atoms with E-state index in [9.17, 15) is 26.3 Å². The molecule has 3 rings (SSSR count). The fourth-order valence-electron chi connectivity index (χ4n) is 4.18. The molecule has 2 atom stereocenters. The summed E-state index contributed by atoms with van der Waals surface area (Å²) in [7, 11) is 0. The third kappa shape index (κ3) is 6.03. The molecule has 1 nitrogen and oxygen atoms in total. The van der Waals surface area contributed by atoms with Gasteiger partial charge in [-0.05, 0) is 66.5 Å². The van der Waals surface area contributed by atoms with Crippen LogP contribution in [0.5, 0.6) is 0 Å². The number of alkyl halides is 6. The molecule has 0 amide bonds. The van der Waals surface area contributed by atoms with Crippen molar-refractivity contribution in [3.8, 4) is 11.1 Å². The predicted molar refractivity (Wildman–Crippen MR) is 110 cm³/mol. The van der Waals surface area contributed by atoms with Gasteiger partial charge < -0.3 is 0 Å². The SMILES string of the molecule is CC(C)CCN1CC(c2cccc(-c3ccc(C(F)(F)F)cc3)c2)CCC1C(F)(F)F. The molecule has 0 aromatic heterocycles. The lowest BCUT2D eigenvalue weighted by molar-refractivity contribution is -0.192. The highest BCUT2D eigenvalue weighted by molar-refractivity contribution is 5.64. The minimum absolute atomic E-state index is 0.0415. The Morgan fingerprint density at radius 3 is 2.16 bits per heavy atom. The van der Waals surface area contributed by atoms with Gasteiger partial charge in [0.1, 0.15) is 6.04 Å². The van der Waals surface area contributed by atoms with Crippen LogP contribution in [0.15, 0.2) is 48.5 Å². The molecule has 0 spiro atoms. The van der Waals surface area contributed by atoms with Crippen molar-refractivity contribution in [1.82, 2.24) is 4.90 Å². The van der Waals surface area contributed by atoms with Crippen LogP contribution in [0.3, 0.4) is 0 Å². The first kappa shape index (κ1) is 23.6. The first-order valence-electron chi connectivity index (χ1n) is 10.5. The molecule has 0 radical (unpaired) electrons. The van der Waals surface area contributed by atoms with Crippen LogP contribution in [0.1, 0.15) is 50.2 Å². The molecule has 1 saturated heterocycles.